The average Bonchev–Trinajstić information content (AvgIpc) is 2.74. The van der Waals surface area contributed by atoms with Gasteiger partial charge in [-0.15, -0.1) is 10.2 Å². The topological polar surface area (TPSA) is 234 Å². The average molecular weight is 568 g/mol. The van der Waals surface area contributed by atoms with Crippen LogP contribution in [0.25, 0.3) is 21.5 Å². The molecule has 0 heterocycles. The molecule has 4 aromatic rings. The molecule has 0 saturated carbocycles. The molecular formula is C21H17N3O10S3. The van der Waals surface area contributed by atoms with Gasteiger partial charge in [0.1, 0.15) is 26.1 Å². The van der Waals surface area contributed by atoms with Gasteiger partial charge in [-0.3, -0.25) is 13.7 Å². The van der Waals surface area contributed by atoms with E-state index in [4.69, 9.17) is 5.73 Å². The Kier molecular flexibility index (Phi) is 6.22. The molecule has 0 saturated heterocycles. The van der Waals surface area contributed by atoms with Crippen LogP contribution in [0.2, 0.25) is 0 Å². The number of nitrogens with zero attached hydrogens (tertiary/aromatic N) is 2. The molecule has 0 aliphatic rings. The number of anilines is 1. The molecule has 0 atom stereocenters. The van der Waals surface area contributed by atoms with Crippen molar-refractivity contribution in [3.63, 3.8) is 0 Å². The molecule has 4 aromatic carbocycles. The third-order valence-corrected chi connectivity index (χ3v) is 8.07. The summed E-state index contributed by atoms with van der Waals surface area (Å²) in [7, 11) is -14.9. The van der Waals surface area contributed by atoms with E-state index in [0.29, 0.717) is 5.56 Å². The lowest BCUT2D eigenvalue weighted by molar-refractivity contribution is 0.472. The minimum atomic E-state index is -5.10. The normalized spacial score (nSPS) is 13.1. The van der Waals surface area contributed by atoms with E-state index in [1.807, 2.05) is 0 Å². The van der Waals surface area contributed by atoms with Crippen LogP contribution in [0.1, 0.15) is 5.56 Å². The molecule has 16 heteroatoms. The van der Waals surface area contributed by atoms with Gasteiger partial charge in [-0.25, -0.2) is 0 Å². The number of rotatable bonds is 5. The van der Waals surface area contributed by atoms with Crippen molar-refractivity contribution in [2.24, 2.45) is 10.2 Å². The van der Waals surface area contributed by atoms with Crippen LogP contribution in [0.3, 0.4) is 0 Å². The van der Waals surface area contributed by atoms with Crippen LogP contribution in [-0.2, 0) is 30.4 Å². The summed E-state index contributed by atoms with van der Waals surface area (Å²) >= 11 is 0. The van der Waals surface area contributed by atoms with Crippen molar-refractivity contribution in [3.05, 3.63) is 54.1 Å². The lowest BCUT2D eigenvalue weighted by Gasteiger charge is -2.12. The molecule has 13 nitrogen and oxygen atoms in total. The number of aryl methyl sites for hydroxylation is 1. The summed E-state index contributed by atoms with van der Waals surface area (Å²) in [4.78, 5) is -2.43. The van der Waals surface area contributed by atoms with Crippen LogP contribution >= 0.6 is 0 Å². The number of azo groups is 1. The first-order valence-electron chi connectivity index (χ1n) is 9.96. The molecule has 0 aliphatic heterocycles. The van der Waals surface area contributed by atoms with E-state index in [2.05, 4.69) is 10.2 Å². The molecule has 0 aromatic heterocycles. The van der Waals surface area contributed by atoms with E-state index in [-0.39, 0.29) is 27.2 Å². The maximum Gasteiger partial charge on any atom is 0.297 e. The van der Waals surface area contributed by atoms with E-state index < -0.39 is 62.2 Å². The van der Waals surface area contributed by atoms with Gasteiger partial charge < -0.3 is 10.8 Å². The third kappa shape index (κ3) is 4.85. The highest BCUT2D eigenvalue weighted by Gasteiger charge is 2.26. The highest BCUT2D eigenvalue weighted by molar-refractivity contribution is 7.86. The Morgan fingerprint density at radius 2 is 1.41 bits per heavy atom. The van der Waals surface area contributed by atoms with E-state index >= 15 is 0 Å². The summed E-state index contributed by atoms with van der Waals surface area (Å²) in [6.07, 6.45) is 0. The predicted octanol–water partition coefficient (Wildman–Crippen LogP) is 3.74. The molecule has 0 bridgehead atoms. The number of aromatic hydroxyl groups is 1. The van der Waals surface area contributed by atoms with Gasteiger partial charge in [0.2, 0.25) is 0 Å². The van der Waals surface area contributed by atoms with Crippen LogP contribution in [0.4, 0.5) is 17.1 Å². The Morgan fingerprint density at radius 3 is 2.00 bits per heavy atom. The monoisotopic (exact) mass is 567 g/mol. The highest BCUT2D eigenvalue weighted by atomic mass is 32.2. The Hall–Kier alpha value is -3.67. The Morgan fingerprint density at radius 1 is 0.757 bits per heavy atom. The fourth-order valence-electron chi connectivity index (χ4n) is 3.94. The number of hydrogen-bond donors (Lipinski definition) is 5. The van der Waals surface area contributed by atoms with Gasteiger partial charge in [-0.05, 0) is 42.1 Å². The second-order valence-electron chi connectivity index (χ2n) is 7.91. The molecule has 0 amide bonds. The second-order valence-corrected chi connectivity index (χ2v) is 12.1. The lowest BCUT2D eigenvalue weighted by Crippen LogP contribution is -2.03. The first kappa shape index (κ1) is 26.4. The maximum atomic E-state index is 12.2. The van der Waals surface area contributed by atoms with E-state index in [1.54, 1.807) is 6.92 Å². The largest absolute Gasteiger partial charge is 0.505 e. The van der Waals surface area contributed by atoms with Crippen LogP contribution in [0.15, 0.2) is 73.4 Å². The minimum Gasteiger partial charge on any atom is -0.505 e. The smallest absolute Gasteiger partial charge is 0.297 e. The minimum absolute atomic E-state index is 0.0155. The van der Waals surface area contributed by atoms with Gasteiger partial charge in [0.25, 0.3) is 30.4 Å². The number of fused-ring (bicyclic) bond motifs is 2. The molecule has 194 valence electrons. The summed E-state index contributed by atoms with van der Waals surface area (Å²) in [5.74, 6) is -0.783. The first-order chi connectivity index (χ1) is 17.0. The van der Waals surface area contributed by atoms with Gasteiger partial charge in [-0.2, -0.15) is 25.3 Å². The molecule has 0 aliphatic carbocycles. The van der Waals surface area contributed by atoms with E-state index in [0.717, 1.165) is 36.4 Å². The Bertz CT molecular complexity index is 1990. The fourth-order valence-corrected chi connectivity index (χ4v) is 6.13. The molecule has 0 fully saturated rings. The quantitative estimate of drug-likeness (QED) is 0.132. The zero-order valence-corrected chi connectivity index (χ0v) is 21.0. The van der Waals surface area contributed by atoms with E-state index in [1.165, 1.54) is 12.1 Å². The number of nitrogens with two attached hydrogens (primary N) is 1. The molecule has 37 heavy (non-hydrogen) atoms. The fraction of sp³-hybridized carbons (Fsp3) is 0.0476. The number of hydrogen-bond acceptors (Lipinski definition) is 10. The highest BCUT2D eigenvalue weighted by Crippen LogP contribution is 2.44. The van der Waals surface area contributed by atoms with Crippen LogP contribution < -0.4 is 5.73 Å². The summed E-state index contributed by atoms with van der Waals surface area (Å²) in [5.41, 5.74) is 5.27. The van der Waals surface area contributed by atoms with Gasteiger partial charge in [0.15, 0.2) is 5.75 Å². The van der Waals surface area contributed by atoms with Gasteiger partial charge in [0.05, 0.1) is 0 Å². The molecule has 0 spiro atoms. The standard InChI is InChI=1S/C21H17N3O10S3/c1-10-7-11-9-17(36(29,30)31)19(20(25)18(11)14(22)8-10)24-23-15-6-5-12-13(21(15)37(32,33)34)3-2-4-16(12)35(26,27)28/h2-9,25H,22H2,1H3,(H,26,27,28)(H,29,30,31)(H,32,33,34). The summed E-state index contributed by atoms with van der Waals surface area (Å²) < 4.78 is 101. The first-order valence-corrected chi connectivity index (χ1v) is 14.3. The molecule has 6 N–H and O–H groups in total. The van der Waals surface area contributed by atoms with Crippen molar-refractivity contribution in [2.45, 2.75) is 21.6 Å². The SMILES string of the molecule is Cc1cc(N)c2c(O)c(N=Nc3ccc4c(S(=O)(=O)O)cccc4c3S(=O)(=O)O)c(S(=O)(=O)O)cc2c1. The van der Waals surface area contributed by atoms with Crippen LogP contribution in [-0.4, -0.2) is 44.0 Å². The summed E-state index contributed by atoms with van der Waals surface area (Å²) in [5, 5.41) is 17.6. The number of nitrogen functional groups attached to an aromatic ring is 1. The predicted molar refractivity (Wildman–Crippen MR) is 132 cm³/mol. The molecule has 4 rings (SSSR count). The molecule has 0 unspecified atom stereocenters. The lowest BCUT2D eigenvalue weighted by atomic mass is 10.0. The number of phenolic OH excluding ortho intramolecular Hbond substituents is 1. The Labute approximate surface area is 210 Å². The van der Waals surface area contributed by atoms with Crippen molar-refractivity contribution >= 4 is 69.0 Å². The number of benzene rings is 4. The van der Waals surface area contributed by atoms with Gasteiger partial charge >= 0.3 is 0 Å². The van der Waals surface area contributed by atoms with Crippen molar-refractivity contribution in [1.29, 1.82) is 0 Å². The van der Waals surface area contributed by atoms with Crippen LogP contribution in [0.5, 0.6) is 5.75 Å². The van der Waals surface area contributed by atoms with Crippen LogP contribution in [0, 0.1) is 6.92 Å². The van der Waals surface area contributed by atoms with Gasteiger partial charge in [0, 0.05) is 21.8 Å². The van der Waals surface area contributed by atoms with Crippen molar-refractivity contribution in [2.75, 3.05) is 5.73 Å². The van der Waals surface area contributed by atoms with Crippen molar-refractivity contribution < 1.29 is 44.0 Å². The second kappa shape index (κ2) is 8.72. The number of phenols is 1. The van der Waals surface area contributed by atoms with E-state index in [9.17, 15) is 44.0 Å². The zero-order chi connectivity index (χ0) is 27.5. The third-order valence-electron chi connectivity index (χ3n) is 5.35. The molecule has 0 radical (unpaired) electrons. The van der Waals surface area contributed by atoms with Crippen molar-refractivity contribution in [1.82, 2.24) is 0 Å². The Balaban J connectivity index is 2.06. The van der Waals surface area contributed by atoms with Crippen molar-refractivity contribution in [3.8, 4) is 5.75 Å². The summed E-state index contributed by atoms with van der Waals surface area (Å²) in [6, 6.07) is 9.23. The summed E-state index contributed by atoms with van der Waals surface area (Å²) in [6.45, 7) is 1.66. The van der Waals surface area contributed by atoms with Gasteiger partial charge in [-0.1, -0.05) is 24.3 Å². The maximum absolute atomic E-state index is 12.2. The zero-order valence-electron chi connectivity index (χ0n) is 18.6. The molecular weight excluding hydrogens is 550 g/mol.